The number of nitrogens with two attached hydrogens (primary N) is 1. The largest absolute Gasteiger partial charge is 0.394 e. The fourth-order valence-electron chi connectivity index (χ4n) is 0.639. The second-order valence-corrected chi connectivity index (χ2v) is 4.63. The van der Waals surface area contributed by atoms with E-state index in [1.165, 1.54) is 11.8 Å². The van der Waals surface area contributed by atoms with Crippen LogP contribution in [0.4, 0.5) is 0 Å². The third-order valence-electron chi connectivity index (χ3n) is 1.76. The van der Waals surface area contributed by atoms with Crippen molar-refractivity contribution in [2.75, 3.05) is 32.1 Å². The minimum absolute atomic E-state index is 0.0207. The Labute approximate surface area is 89.2 Å². The Kier molecular flexibility index (Phi) is 7.17. The maximum atomic E-state index is 11.5. The molecule has 0 saturated carbocycles. The molecule has 4 nitrogen and oxygen atoms in total. The number of rotatable bonds is 7. The molecule has 5 heteroatoms. The van der Waals surface area contributed by atoms with Gasteiger partial charge in [0.15, 0.2) is 5.12 Å². The summed E-state index contributed by atoms with van der Waals surface area (Å²) in [6, 6.07) is 0. The zero-order chi connectivity index (χ0) is 11.0. The van der Waals surface area contributed by atoms with Gasteiger partial charge in [-0.05, 0) is 0 Å². The summed E-state index contributed by atoms with van der Waals surface area (Å²) in [5.41, 5.74) is 5.00. The van der Waals surface area contributed by atoms with Crippen molar-refractivity contribution >= 4 is 16.9 Å². The van der Waals surface area contributed by atoms with Crippen molar-refractivity contribution in [3.05, 3.63) is 0 Å². The molecule has 14 heavy (non-hydrogen) atoms. The van der Waals surface area contributed by atoms with Crippen LogP contribution < -0.4 is 5.73 Å². The van der Waals surface area contributed by atoms with Crippen LogP contribution >= 0.6 is 11.8 Å². The number of ether oxygens (including phenoxy) is 1. The number of thioether (sulfide) groups is 1. The summed E-state index contributed by atoms with van der Waals surface area (Å²) in [5, 5.41) is 8.52. The lowest BCUT2D eigenvalue weighted by Gasteiger charge is -2.19. The van der Waals surface area contributed by atoms with E-state index in [-0.39, 0.29) is 11.7 Å². The number of carbonyl (C=O) groups is 1. The predicted octanol–water partition coefficient (Wildman–Crippen LogP) is 0.240. The SMILES string of the molecule is CC(C)(CN)C(=O)SCCOCCO. The lowest BCUT2D eigenvalue weighted by Crippen LogP contribution is -2.31. The fourth-order valence-corrected chi connectivity index (χ4v) is 1.50. The Balaban J connectivity index is 3.54. The van der Waals surface area contributed by atoms with Gasteiger partial charge >= 0.3 is 0 Å². The number of aliphatic hydroxyl groups is 1. The second-order valence-electron chi connectivity index (χ2n) is 3.56. The maximum absolute atomic E-state index is 11.5. The Bertz CT molecular complexity index is 173. The summed E-state index contributed by atoms with van der Waals surface area (Å²) in [4.78, 5) is 11.5. The summed E-state index contributed by atoms with van der Waals surface area (Å²) < 4.78 is 5.03. The molecule has 0 aromatic rings. The van der Waals surface area contributed by atoms with Gasteiger partial charge in [0.2, 0.25) is 0 Å². The average molecular weight is 221 g/mol. The molecule has 0 aromatic heterocycles. The molecule has 0 aliphatic heterocycles. The third kappa shape index (κ3) is 5.59. The Morgan fingerprint density at radius 2 is 2.14 bits per heavy atom. The Morgan fingerprint density at radius 1 is 1.50 bits per heavy atom. The molecule has 0 atom stereocenters. The van der Waals surface area contributed by atoms with E-state index in [9.17, 15) is 4.79 Å². The van der Waals surface area contributed by atoms with Crippen LogP contribution in [0.1, 0.15) is 13.8 Å². The minimum atomic E-state index is -0.457. The molecule has 0 heterocycles. The van der Waals surface area contributed by atoms with Gasteiger partial charge in [-0.1, -0.05) is 25.6 Å². The van der Waals surface area contributed by atoms with Crippen LogP contribution in [0, 0.1) is 5.41 Å². The van der Waals surface area contributed by atoms with Gasteiger partial charge in [-0.25, -0.2) is 0 Å². The summed E-state index contributed by atoms with van der Waals surface area (Å²) >= 11 is 1.23. The van der Waals surface area contributed by atoms with Gasteiger partial charge in [0, 0.05) is 17.7 Å². The quantitative estimate of drug-likeness (QED) is 0.603. The van der Waals surface area contributed by atoms with E-state index in [1.807, 2.05) is 13.8 Å². The summed E-state index contributed by atoms with van der Waals surface area (Å²) in [6.45, 7) is 4.85. The topological polar surface area (TPSA) is 72.6 Å². The number of aliphatic hydroxyl groups excluding tert-OH is 1. The van der Waals surface area contributed by atoms with Crippen LogP contribution in [-0.4, -0.2) is 42.3 Å². The smallest absolute Gasteiger partial charge is 0.195 e. The molecule has 0 amide bonds. The van der Waals surface area contributed by atoms with Crippen molar-refractivity contribution in [1.82, 2.24) is 0 Å². The molecule has 0 aromatic carbocycles. The first-order valence-electron chi connectivity index (χ1n) is 4.60. The summed E-state index contributed by atoms with van der Waals surface area (Å²) in [6.07, 6.45) is 0. The molecule has 0 aliphatic rings. The second kappa shape index (κ2) is 7.23. The molecule has 0 spiro atoms. The van der Waals surface area contributed by atoms with Crippen LogP contribution in [0.25, 0.3) is 0 Å². The third-order valence-corrected chi connectivity index (χ3v) is 2.94. The minimum Gasteiger partial charge on any atom is -0.394 e. The van der Waals surface area contributed by atoms with Crippen LogP contribution in [0.3, 0.4) is 0 Å². The molecule has 0 unspecified atom stereocenters. The lowest BCUT2D eigenvalue weighted by molar-refractivity contribution is -0.117. The zero-order valence-electron chi connectivity index (χ0n) is 8.78. The first-order chi connectivity index (χ1) is 6.54. The highest BCUT2D eigenvalue weighted by atomic mass is 32.2. The Morgan fingerprint density at radius 3 is 2.64 bits per heavy atom. The average Bonchev–Trinajstić information content (AvgIpc) is 2.17. The summed E-state index contributed by atoms with van der Waals surface area (Å²) in [5.74, 6) is 0.613. The molecule has 3 N–H and O–H groups in total. The van der Waals surface area contributed by atoms with Crippen molar-refractivity contribution in [2.24, 2.45) is 11.1 Å². The predicted molar refractivity (Wildman–Crippen MR) is 58.2 cm³/mol. The zero-order valence-corrected chi connectivity index (χ0v) is 9.60. The van der Waals surface area contributed by atoms with Gasteiger partial charge in [0.1, 0.15) is 0 Å². The van der Waals surface area contributed by atoms with Crippen LogP contribution in [0.15, 0.2) is 0 Å². The van der Waals surface area contributed by atoms with Crippen LogP contribution in [0.2, 0.25) is 0 Å². The van der Waals surface area contributed by atoms with Gasteiger partial charge in [-0.2, -0.15) is 0 Å². The van der Waals surface area contributed by atoms with Crippen molar-refractivity contribution in [3.8, 4) is 0 Å². The van der Waals surface area contributed by atoms with Gasteiger partial charge in [0.25, 0.3) is 0 Å². The monoisotopic (exact) mass is 221 g/mol. The van der Waals surface area contributed by atoms with E-state index >= 15 is 0 Å². The molecule has 0 radical (unpaired) electrons. The van der Waals surface area contributed by atoms with E-state index < -0.39 is 5.41 Å². The van der Waals surface area contributed by atoms with Gasteiger partial charge in [-0.15, -0.1) is 0 Å². The number of carbonyl (C=O) groups excluding carboxylic acids is 1. The molecule has 0 rings (SSSR count). The highest BCUT2D eigenvalue weighted by molar-refractivity contribution is 8.13. The normalized spacial score (nSPS) is 11.7. The van der Waals surface area contributed by atoms with Crippen LogP contribution in [0.5, 0.6) is 0 Å². The van der Waals surface area contributed by atoms with E-state index in [2.05, 4.69) is 0 Å². The molecule has 0 fully saturated rings. The molecule has 0 saturated heterocycles. The van der Waals surface area contributed by atoms with Crippen LogP contribution in [-0.2, 0) is 9.53 Å². The van der Waals surface area contributed by atoms with Crippen molar-refractivity contribution < 1.29 is 14.6 Å². The lowest BCUT2D eigenvalue weighted by atomic mass is 9.96. The number of hydrogen-bond donors (Lipinski definition) is 2. The van der Waals surface area contributed by atoms with Crippen molar-refractivity contribution in [3.63, 3.8) is 0 Å². The van der Waals surface area contributed by atoms with E-state index in [0.717, 1.165) is 0 Å². The standard InChI is InChI=1S/C9H19NO3S/c1-9(2,7-10)8(12)14-6-5-13-4-3-11/h11H,3-7,10H2,1-2H3. The molecular formula is C9H19NO3S. The first-order valence-corrected chi connectivity index (χ1v) is 5.59. The molecular weight excluding hydrogens is 202 g/mol. The molecule has 84 valence electrons. The highest BCUT2D eigenvalue weighted by Crippen LogP contribution is 2.22. The number of hydrogen-bond acceptors (Lipinski definition) is 5. The molecule has 0 bridgehead atoms. The van der Waals surface area contributed by atoms with Gasteiger partial charge in [0.05, 0.1) is 19.8 Å². The highest BCUT2D eigenvalue weighted by Gasteiger charge is 2.25. The van der Waals surface area contributed by atoms with E-state index in [4.69, 9.17) is 15.6 Å². The van der Waals surface area contributed by atoms with E-state index in [0.29, 0.717) is 25.5 Å². The summed E-state index contributed by atoms with van der Waals surface area (Å²) in [7, 11) is 0. The first kappa shape index (κ1) is 13.9. The van der Waals surface area contributed by atoms with Crippen molar-refractivity contribution in [1.29, 1.82) is 0 Å². The Hall–Kier alpha value is -0.100. The maximum Gasteiger partial charge on any atom is 0.195 e. The van der Waals surface area contributed by atoms with Gasteiger partial charge < -0.3 is 15.6 Å². The fraction of sp³-hybridized carbons (Fsp3) is 0.889. The molecule has 0 aliphatic carbocycles. The van der Waals surface area contributed by atoms with Gasteiger partial charge in [-0.3, -0.25) is 4.79 Å². The van der Waals surface area contributed by atoms with E-state index in [1.54, 1.807) is 0 Å². The van der Waals surface area contributed by atoms with Crippen molar-refractivity contribution in [2.45, 2.75) is 13.8 Å².